The van der Waals surface area contributed by atoms with E-state index in [4.69, 9.17) is 4.52 Å². The molecule has 0 radical (unpaired) electrons. The number of hydrogen-bond donors (Lipinski definition) is 1. The highest BCUT2D eigenvalue weighted by Crippen LogP contribution is 2.40. The van der Waals surface area contributed by atoms with Crippen molar-refractivity contribution in [2.24, 2.45) is 5.92 Å². The van der Waals surface area contributed by atoms with E-state index < -0.39 is 0 Å². The summed E-state index contributed by atoms with van der Waals surface area (Å²) in [6.45, 7) is 2.46. The number of carbonyl (C=O) groups excluding carboxylic acids is 1. The summed E-state index contributed by atoms with van der Waals surface area (Å²) in [5, 5.41) is 15.5. The van der Waals surface area contributed by atoms with Gasteiger partial charge in [-0.3, -0.25) is 4.79 Å². The molecule has 0 bridgehead atoms. The van der Waals surface area contributed by atoms with Crippen molar-refractivity contribution in [2.75, 3.05) is 24.5 Å². The number of fused-ring (bicyclic) bond motifs is 1. The molecule has 2 aliphatic carbocycles. The molecule has 5 rings (SSSR count). The Bertz CT molecular complexity index is 808. The van der Waals surface area contributed by atoms with Crippen LogP contribution in [0.25, 0.3) is 0 Å². The van der Waals surface area contributed by atoms with Crippen LogP contribution in [0.1, 0.15) is 52.7 Å². The van der Waals surface area contributed by atoms with Crippen LogP contribution < -0.4 is 10.2 Å². The summed E-state index contributed by atoms with van der Waals surface area (Å²) in [5.74, 6) is 2.58. The highest BCUT2D eigenvalue weighted by atomic mass is 16.5. The molecule has 1 saturated carbocycles. The fraction of sp³-hybridized carbons (Fsp3) is 0.556. The Balaban J connectivity index is 1.12. The van der Waals surface area contributed by atoms with Crippen LogP contribution in [0.4, 0.5) is 5.82 Å². The van der Waals surface area contributed by atoms with Gasteiger partial charge in [-0.25, -0.2) is 0 Å². The Morgan fingerprint density at radius 3 is 2.96 bits per heavy atom. The molecule has 0 unspecified atom stereocenters. The molecule has 1 N–H and O–H groups in total. The first kappa shape index (κ1) is 14.9. The number of rotatable bonds is 5. The first-order valence-electron chi connectivity index (χ1n) is 9.11. The first-order chi connectivity index (χ1) is 12.3. The smallest absolute Gasteiger partial charge is 0.273 e. The molecule has 130 valence electrons. The Kier molecular flexibility index (Phi) is 3.46. The Morgan fingerprint density at radius 1 is 1.24 bits per heavy atom. The van der Waals surface area contributed by atoms with Gasteiger partial charge >= 0.3 is 0 Å². The zero-order valence-corrected chi connectivity index (χ0v) is 14.1. The van der Waals surface area contributed by atoms with E-state index in [0.717, 1.165) is 56.0 Å². The minimum atomic E-state index is -0.147. The maximum absolute atomic E-state index is 12.2. The Hall–Kier alpha value is -2.44. The fourth-order valence-electron chi connectivity index (χ4n) is 3.64. The molecular formula is C18H21N5O2. The van der Waals surface area contributed by atoms with Crippen LogP contribution >= 0.6 is 0 Å². The van der Waals surface area contributed by atoms with E-state index in [-0.39, 0.29) is 5.91 Å². The molecule has 2 aromatic heterocycles. The molecule has 0 aromatic carbocycles. The van der Waals surface area contributed by atoms with Gasteiger partial charge in [-0.2, -0.15) is 5.10 Å². The summed E-state index contributed by atoms with van der Waals surface area (Å²) in [6.07, 6.45) is 5.64. The third-order valence-corrected chi connectivity index (χ3v) is 5.38. The molecule has 3 aliphatic rings. The highest BCUT2D eigenvalue weighted by molar-refractivity contribution is 5.92. The van der Waals surface area contributed by atoms with Crippen LogP contribution in [0, 0.1) is 5.92 Å². The number of carbonyl (C=O) groups is 1. The van der Waals surface area contributed by atoms with Crippen molar-refractivity contribution in [3.63, 3.8) is 0 Å². The zero-order chi connectivity index (χ0) is 16.8. The van der Waals surface area contributed by atoms with Crippen molar-refractivity contribution < 1.29 is 9.32 Å². The minimum absolute atomic E-state index is 0.147. The third-order valence-electron chi connectivity index (χ3n) is 5.38. The molecule has 25 heavy (non-hydrogen) atoms. The van der Waals surface area contributed by atoms with Crippen molar-refractivity contribution in [1.82, 2.24) is 20.7 Å². The van der Waals surface area contributed by atoms with E-state index in [9.17, 15) is 4.79 Å². The number of nitrogens with zero attached hydrogens (tertiary/aromatic N) is 4. The molecule has 3 heterocycles. The largest absolute Gasteiger partial charge is 0.360 e. The topological polar surface area (TPSA) is 84.2 Å². The van der Waals surface area contributed by atoms with E-state index in [1.54, 1.807) is 6.07 Å². The second-order valence-corrected chi connectivity index (χ2v) is 7.40. The van der Waals surface area contributed by atoms with Crippen molar-refractivity contribution in [2.45, 2.75) is 38.0 Å². The quantitative estimate of drug-likeness (QED) is 0.892. The van der Waals surface area contributed by atoms with Crippen LogP contribution in [0.5, 0.6) is 0 Å². The summed E-state index contributed by atoms with van der Waals surface area (Å²) < 4.78 is 5.23. The molecule has 1 saturated heterocycles. The number of nitrogens with one attached hydrogen (secondary N) is 1. The average Bonchev–Trinajstić information content (AvgIpc) is 3.13. The SMILES string of the molecule is O=C(NCC1CN(c2cc3c(nn2)CCC3)C1)c1cc(C2CC2)on1. The van der Waals surface area contributed by atoms with Gasteiger partial charge in [0.25, 0.3) is 5.91 Å². The van der Waals surface area contributed by atoms with Gasteiger partial charge in [0, 0.05) is 37.5 Å². The monoisotopic (exact) mass is 339 g/mol. The van der Waals surface area contributed by atoms with E-state index in [2.05, 4.69) is 31.6 Å². The number of amides is 1. The average molecular weight is 339 g/mol. The summed E-state index contributed by atoms with van der Waals surface area (Å²) in [5.41, 5.74) is 2.90. The van der Waals surface area contributed by atoms with Gasteiger partial charge in [0.15, 0.2) is 11.5 Å². The van der Waals surface area contributed by atoms with Gasteiger partial charge < -0.3 is 14.7 Å². The number of anilines is 1. The van der Waals surface area contributed by atoms with E-state index in [1.807, 2.05) is 0 Å². The van der Waals surface area contributed by atoms with Gasteiger partial charge in [0.1, 0.15) is 5.76 Å². The molecule has 7 heteroatoms. The minimum Gasteiger partial charge on any atom is -0.360 e. The zero-order valence-electron chi connectivity index (χ0n) is 14.1. The highest BCUT2D eigenvalue weighted by Gasteiger charge is 2.31. The molecule has 0 spiro atoms. The fourth-order valence-corrected chi connectivity index (χ4v) is 3.64. The van der Waals surface area contributed by atoms with Crippen LogP contribution in [-0.2, 0) is 12.8 Å². The van der Waals surface area contributed by atoms with E-state index >= 15 is 0 Å². The molecule has 2 fully saturated rings. The maximum atomic E-state index is 12.2. The molecular weight excluding hydrogens is 318 g/mol. The lowest BCUT2D eigenvalue weighted by Gasteiger charge is -2.40. The molecule has 1 amide bonds. The number of aryl methyl sites for hydroxylation is 2. The molecule has 7 nitrogen and oxygen atoms in total. The lowest BCUT2D eigenvalue weighted by molar-refractivity contribution is 0.0935. The van der Waals surface area contributed by atoms with Crippen LogP contribution in [-0.4, -0.2) is 40.9 Å². The van der Waals surface area contributed by atoms with Crippen molar-refractivity contribution in [1.29, 1.82) is 0 Å². The summed E-state index contributed by atoms with van der Waals surface area (Å²) >= 11 is 0. The van der Waals surface area contributed by atoms with E-state index in [1.165, 1.54) is 12.0 Å². The Morgan fingerprint density at radius 2 is 2.12 bits per heavy atom. The second kappa shape index (κ2) is 5.82. The van der Waals surface area contributed by atoms with Crippen LogP contribution in [0.15, 0.2) is 16.7 Å². The normalized spacial score (nSPS) is 19.6. The first-order valence-corrected chi connectivity index (χ1v) is 9.11. The molecule has 1 aliphatic heterocycles. The lowest BCUT2D eigenvalue weighted by Crippen LogP contribution is -2.52. The lowest BCUT2D eigenvalue weighted by atomic mass is 10.00. The van der Waals surface area contributed by atoms with Gasteiger partial charge in [0.2, 0.25) is 0 Å². The van der Waals surface area contributed by atoms with Crippen molar-refractivity contribution in [3.8, 4) is 0 Å². The molecule has 0 atom stereocenters. The van der Waals surface area contributed by atoms with Crippen molar-refractivity contribution >= 4 is 11.7 Å². The summed E-state index contributed by atoms with van der Waals surface area (Å²) in [6, 6.07) is 3.96. The number of aromatic nitrogens is 3. The van der Waals surface area contributed by atoms with Gasteiger partial charge in [-0.05, 0) is 43.7 Å². The molecule has 2 aromatic rings. The predicted octanol–water partition coefficient (Wildman–Crippen LogP) is 1.70. The van der Waals surface area contributed by atoms with Crippen LogP contribution in [0.2, 0.25) is 0 Å². The van der Waals surface area contributed by atoms with Gasteiger partial charge in [-0.1, -0.05) is 5.16 Å². The summed E-state index contributed by atoms with van der Waals surface area (Å²) in [4.78, 5) is 14.4. The second-order valence-electron chi connectivity index (χ2n) is 7.40. The predicted molar refractivity (Wildman–Crippen MR) is 90.6 cm³/mol. The maximum Gasteiger partial charge on any atom is 0.273 e. The van der Waals surface area contributed by atoms with E-state index in [0.29, 0.717) is 24.1 Å². The van der Waals surface area contributed by atoms with Crippen molar-refractivity contribution in [3.05, 3.63) is 34.8 Å². The van der Waals surface area contributed by atoms with Gasteiger partial charge in [0.05, 0.1) is 5.69 Å². The van der Waals surface area contributed by atoms with Crippen LogP contribution in [0.3, 0.4) is 0 Å². The number of hydrogen-bond acceptors (Lipinski definition) is 6. The Labute approximate surface area is 145 Å². The van der Waals surface area contributed by atoms with Gasteiger partial charge in [-0.15, -0.1) is 5.10 Å². The third kappa shape index (κ3) is 2.88. The standard InChI is InChI=1S/C18H21N5O2/c24-18(15-7-16(25-22-15)12-4-5-12)19-8-11-9-23(10-11)17-6-13-2-1-3-14(13)20-21-17/h6-7,11-12H,1-5,8-10H2,(H,19,24). The summed E-state index contributed by atoms with van der Waals surface area (Å²) in [7, 11) is 0.